The summed E-state index contributed by atoms with van der Waals surface area (Å²) in [6.07, 6.45) is 3.81. The molecule has 0 radical (unpaired) electrons. The van der Waals surface area contributed by atoms with E-state index in [0.717, 1.165) is 6.20 Å². The van der Waals surface area contributed by atoms with Crippen molar-refractivity contribution < 1.29 is 23.4 Å². The average Bonchev–Trinajstić information content (AvgIpc) is 2.86. The molecule has 12 heteroatoms. The summed E-state index contributed by atoms with van der Waals surface area (Å²) in [6.45, 7) is 5.95. The quantitative estimate of drug-likeness (QED) is 0.363. The molecule has 0 aliphatic carbocycles. The van der Waals surface area contributed by atoms with Gasteiger partial charge in [0, 0.05) is 36.3 Å². The third-order valence-electron chi connectivity index (χ3n) is 5.98. The SMILES string of the molecule is COc1ccn(-c2cc(-n3c(C)cc(OCc4ncc(F)cc4F)c(Cl)c3=O)c(C)cn2)c(=O)c1C(C)(C)O. The lowest BCUT2D eigenvalue weighted by molar-refractivity contribution is 0.0737. The zero-order valence-corrected chi connectivity index (χ0v) is 22.5. The van der Waals surface area contributed by atoms with Crippen molar-refractivity contribution in [1.82, 2.24) is 19.1 Å². The van der Waals surface area contributed by atoms with Gasteiger partial charge >= 0.3 is 0 Å². The van der Waals surface area contributed by atoms with E-state index in [9.17, 15) is 23.5 Å². The molecule has 4 aromatic rings. The second-order valence-corrected chi connectivity index (χ2v) is 9.68. The van der Waals surface area contributed by atoms with Crippen LogP contribution in [0.25, 0.3) is 11.5 Å². The van der Waals surface area contributed by atoms with Gasteiger partial charge in [-0.05, 0) is 39.3 Å². The first-order valence-electron chi connectivity index (χ1n) is 11.7. The number of aliphatic hydroxyl groups is 1. The number of nitrogens with zero attached hydrogens (tertiary/aromatic N) is 4. The topological polar surface area (TPSA) is 108 Å². The highest BCUT2D eigenvalue weighted by Crippen LogP contribution is 2.28. The van der Waals surface area contributed by atoms with Gasteiger partial charge in [0.05, 0.1) is 30.2 Å². The predicted octanol–water partition coefficient (Wildman–Crippen LogP) is 4.14. The van der Waals surface area contributed by atoms with E-state index in [0.29, 0.717) is 23.0 Å². The number of hydrogen-bond donors (Lipinski definition) is 1. The fourth-order valence-corrected chi connectivity index (χ4v) is 4.28. The van der Waals surface area contributed by atoms with Gasteiger partial charge in [-0.3, -0.25) is 23.7 Å². The Bertz CT molecular complexity index is 1700. The van der Waals surface area contributed by atoms with Crippen LogP contribution in [0.4, 0.5) is 8.78 Å². The summed E-state index contributed by atoms with van der Waals surface area (Å²) >= 11 is 6.35. The Morgan fingerprint density at radius 1 is 1.05 bits per heavy atom. The van der Waals surface area contributed by atoms with Crippen LogP contribution in [0.3, 0.4) is 0 Å². The molecule has 4 rings (SSSR count). The highest BCUT2D eigenvalue weighted by atomic mass is 35.5. The highest BCUT2D eigenvalue weighted by molar-refractivity contribution is 6.31. The number of aryl methyl sites for hydroxylation is 2. The summed E-state index contributed by atoms with van der Waals surface area (Å²) in [5, 5.41) is 10.3. The van der Waals surface area contributed by atoms with Gasteiger partial charge in [0.2, 0.25) is 0 Å². The Morgan fingerprint density at radius 3 is 2.41 bits per heavy atom. The van der Waals surface area contributed by atoms with E-state index in [1.807, 2.05) is 0 Å². The second-order valence-electron chi connectivity index (χ2n) is 9.30. The first-order valence-corrected chi connectivity index (χ1v) is 12.1. The molecule has 0 fully saturated rings. The Kier molecular flexibility index (Phi) is 7.58. The van der Waals surface area contributed by atoms with Crippen molar-refractivity contribution in [3.63, 3.8) is 0 Å². The summed E-state index contributed by atoms with van der Waals surface area (Å²) in [5.41, 5.74) is -1.35. The van der Waals surface area contributed by atoms with Gasteiger partial charge in [-0.1, -0.05) is 11.6 Å². The fraction of sp³-hybridized carbons (Fsp3) is 0.259. The molecule has 0 atom stereocenters. The van der Waals surface area contributed by atoms with Crippen LogP contribution in [0.2, 0.25) is 5.02 Å². The minimum absolute atomic E-state index is 0.00549. The molecule has 0 spiro atoms. The van der Waals surface area contributed by atoms with Gasteiger partial charge < -0.3 is 14.6 Å². The van der Waals surface area contributed by atoms with E-state index in [1.54, 1.807) is 19.9 Å². The van der Waals surface area contributed by atoms with Crippen molar-refractivity contribution >= 4 is 11.6 Å². The molecule has 0 unspecified atom stereocenters. The van der Waals surface area contributed by atoms with E-state index in [-0.39, 0.29) is 40.2 Å². The number of aromatic nitrogens is 4. The third kappa shape index (κ3) is 5.41. The lowest BCUT2D eigenvalue weighted by Crippen LogP contribution is -2.32. The first-order chi connectivity index (χ1) is 18.3. The molecule has 0 amide bonds. The molecule has 4 aromatic heterocycles. The summed E-state index contributed by atoms with van der Waals surface area (Å²) in [6, 6.07) is 5.26. The molecule has 4 heterocycles. The molecular weight excluding hydrogens is 534 g/mol. The smallest absolute Gasteiger partial charge is 0.277 e. The standard InChI is InChI=1S/C27H25ClF2N4O5/c1-14-11-32-22(33-7-6-20(38-5)23(25(33)35)27(3,4)37)10-19(14)34-15(2)8-21(24(28)26(34)36)39-13-18-17(30)9-16(29)12-31-18/h6-12,37H,13H2,1-5H3. The Hall–Kier alpha value is -4.09. The van der Waals surface area contributed by atoms with Gasteiger partial charge in [-0.25, -0.2) is 13.8 Å². The molecule has 0 aromatic carbocycles. The Labute approximate surface area is 226 Å². The zero-order chi connectivity index (χ0) is 28.6. The number of hydrogen-bond acceptors (Lipinski definition) is 7. The lowest BCUT2D eigenvalue weighted by Gasteiger charge is -2.21. The molecule has 39 heavy (non-hydrogen) atoms. The van der Waals surface area contributed by atoms with Gasteiger partial charge in [0.15, 0.2) is 5.82 Å². The first kappa shape index (κ1) is 27.9. The van der Waals surface area contributed by atoms with E-state index in [4.69, 9.17) is 21.1 Å². The monoisotopic (exact) mass is 558 g/mol. The van der Waals surface area contributed by atoms with Crippen LogP contribution in [0.5, 0.6) is 11.5 Å². The van der Waals surface area contributed by atoms with Crippen molar-refractivity contribution in [1.29, 1.82) is 0 Å². The summed E-state index contributed by atoms with van der Waals surface area (Å²) < 4.78 is 40.5. The van der Waals surface area contributed by atoms with Crippen LogP contribution in [-0.2, 0) is 12.2 Å². The zero-order valence-electron chi connectivity index (χ0n) is 21.8. The van der Waals surface area contributed by atoms with E-state index >= 15 is 0 Å². The Balaban J connectivity index is 1.78. The van der Waals surface area contributed by atoms with Crippen molar-refractivity contribution in [2.24, 2.45) is 0 Å². The molecule has 0 aliphatic heterocycles. The maximum Gasteiger partial charge on any atom is 0.277 e. The molecular formula is C27H25ClF2N4O5. The Morgan fingerprint density at radius 2 is 1.77 bits per heavy atom. The van der Waals surface area contributed by atoms with Gasteiger partial charge in [0.1, 0.15) is 40.5 Å². The number of pyridine rings is 4. The summed E-state index contributed by atoms with van der Waals surface area (Å²) in [7, 11) is 1.40. The molecule has 0 aliphatic rings. The molecule has 9 nitrogen and oxygen atoms in total. The molecule has 204 valence electrons. The summed E-state index contributed by atoms with van der Waals surface area (Å²) in [4.78, 5) is 34.7. The highest BCUT2D eigenvalue weighted by Gasteiger charge is 2.27. The van der Waals surface area contributed by atoms with Crippen LogP contribution < -0.4 is 20.6 Å². The van der Waals surface area contributed by atoms with Crippen LogP contribution in [-0.4, -0.2) is 31.3 Å². The van der Waals surface area contributed by atoms with Gasteiger partial charge in [-0.15, -0.1) is 0 Å². The van der Waals surface area contributed by atoms with Crippen LogP contribution in [0.1, 0.15) is 36.4 Å². The van der Waals surface area contributed by atoms with Crippen molar-refractivity contribution in [2.75, 3.05) is 7.11 Å². The summed E-state index contributed by atoms with van der Waals surface area (Å²) in [5.74, 6) is -1.31. The molecule has 0 bridgehead atoms. The van der Waals surface area contributed by atoms with E-state index in [1.165, 1.54) is 54.6 Å². The van der Waals surface area contributed by atoms with E-state index < -0.39 is 28.4 Å². The number of methoxy groups -OCH3 is 1. The predicted molar refractivity (Wildman–Crippen MR) is 140 cm³/mol. The van der Waals surface area contributed by atoms with Crippen molar-refractivity contribution in [2.45, 2.75) is 39.9 Å². The fourth-order valence-electron chi connectivity index (χ4n) is 4.09. The molecule has 1 N–H and O–H groups in total. The van der Waals surface area contributed by atoms with E-state index in [2.05, 4.69) is 9.97 Å². The normalized spacial score (nSPS) is 11.5. The lowest BCUT2D eigenvalue weighted by atomic mass is 9.99. The minimum atomic E-state index is -1.50. The van der Waals surface area contributed by atoms with Crippen LogP contribution in [0, 0.1) is 25.5 Å². The van der Waals surface area contributed by atoms with Crippen molar-refractivity contribution in [3.05, 3.63) is 103 Å². The van der Waals surface area contributed by atoms with Gasteiger partial charge in [0.25, 0.3) is 11.1 Å². The maximum atomic E-state index is 13.9. The second kappa shape index (κ2) is 10.6. The largest absolute Gasteiger partial charge is 0.496 e. The average molecular weight is 559 g/mol. The van der Waals surface area contributed by atoms with Gasteiger partial charge in [-0.2, -0.15) is 0 Å². The maximum absolute atomic E-state index is 13.9. The third-order valence-corrected chi connectivity index (χ3v) is 6.33. The number of rotatable bonds is 7. The van der Waals surface area contributed by atoms with Crippen LogP contribution >= 0.6 is 11.6 Å². The minimum Gasteiger partial charge on any atom is -0.496 e. The number of halogens is 3. The molecule has 0 saturated carbocycles. The van der Waals surface area contributed by atoms with Crippen LogP contribution in [0.15, 0.2) is 52.4 Å². The number of ether oxygens (including phenoxy) is 2. The van der Waals surface area contributed by atoms with Crippen molar-refractivity contribution in [3.8, 4) is 23.0 Å². The molecule has 0 saturated heterocycles.